The molecule has 0 aliphatic carbocycles. The third kappa shape index (κ3) is 1.92. The van der Waals surface area contributed by atoms with Crippen molar-refractivity contribution >= 4 is 12.6 Å². The van der Waals surface area contributed by atoms with Crippen LogP contribution in [-0.4, -0.2) is 25.8 Å². The van der Waals surface area contributed by atoms with Gasteiger partial charge in [0.1, 0.15) is 18.7 Å². The van der Waals surface area contributed by atoms with Gasteiger partial charge in [-0.3, -0.25) is 0 Å². The molecular formula is C7H12O3. The second-order valence-corrected chi connectivity index (χ2v) is 2.73. The molecule has 1 unspecified atom stereocenters. The van der Waals surface area contributed by atoms with Crippen LogP contribution >= 0.6 is 0 Å². The van der Waals surface area contributed by atoms with Crippen LogP contribution in [0.25, 0.3) is 0 Å². The first-order chi connectivity index (χ1) is 4.58. The third-order valence-electron chi connectivity index (χ3n) is 1.41. The Morgan fingerprint density at radius 2 is 1.90 bits per heavy atom. The molecule has 0 heterocycles. The highest BCUT2D eigenvalue weighted by atomic mass is 16.5. The van der Waals surface area contributed by atoms with Gasteiger partial charge in [0.2, 0.25) is 0 Å². The summed E-state index contributed by atoms with van der Waals surface area (Å²) in [4.78, 5) is 20.6. The van der Waals surface area contributed by atoms with Crippen LogP contribution in [0.4, 0.5) is 0 Å². The van der Waals surface area contributed by atoms with E-state index in [1.807, 2.05) is 0 Å². The Bertz CT molecular complexity index is 129. The molecule has 3 heteroatoms. The molecule has 0 N–H and O–H groups in total. The Balaban J connectivity index is 4.24. The SMILES string of the molecule is COC(C=O)C(C)(C)C=O. The molecule has 0 bridgehead atoms. The van der Waals surface area contributed by atoms with E-state index >= 15 is 0 Å². The van der Waals surface area contributed by atoms with Crippen LogP contribution in [0.1, 0.15) is 13.8 Å². The van der Waals surface area contributed by atoms with E-state index in [0.29, 0.717) is 6.29 Å². The van der Waals surface area contributed by atoms with Gasteiger partial charge in [-0.1, -0.05) is 13.8 Å². The van der Waals surface area contributed by atoms with Gasteiger partial charge < -0.3 is 14.3 Å². The minimum Gasteiger partial charge on any atom is -0.373 e. The summed E-state index contributed by atoms with van der Waals surface area (Å²) in [6.07, 6.45) is 0.717. The van der Waals surface area contributed by atoms with Gasteiger partial charge in [-0.25, -0.2) is 0 Å². The van der Waals surface area contributed by atoms with Crippen molar-refractivity contribution in [3.8, 4) is 0 Å². The van der Waals surface area contributed by atoms with Crippen LogP contribution in [0, 0.1) is 5.41 Å². The second-order valence-electron chi connectivity index (χ2n) is 2.73. The Hall–Kier alpha value is -0.700. The van der Waals surface area contributed by atoms with Crippen molar-refractivity contribution < 1.29 is 14.3 Å². The molecule has 0 aliphatic heterocycles. The number of hydrogen-bond donors (Lipinski definition) is 0. The molecule has 0 fully saturated rings. The molecule has 0 saturated carbocycles. The topological polar surface area (TPSA) is 43.4 Å². The van der Waals surface area contributed by atoms with Crippen LogP contribution in [0.3, 0.4) is 0 Å². The number of carbonyl (C=O) groups is 2. The molecule has 0 aromatic heterocycles. The van der Waals surface area contributed by atoms with Gasteiger partial charge in [0, 0.05) is 7.11 Å². The first kappa shape index (κ1) is 9.30. The van der Waals surface area contributed by atoms with Crippen LogP contribution in [0.5, 0.6) is 0 Å². The molecule has 0 saturated heterocycles. The third-order valence-corrected chi connectivity index (χ3v) is 1.41. The number of ether oxygens (including phenoxy) is 1. The molecule has 0 spiro atoms. The summed E-state index contributed by atoms with van der Waals surface area (Å²) < 4.78 is 4.76. The number of rotatable bonds is 4. The molecule has 0 aromatic rings. The quantitative estimate of drug-likeness (QED) is 0.537. The van der Waals surface area contributed by atoms with E-state index < -0.39 is 11.5 Å². The fourth-order valence-corrected chi connectivity index (χ4v) is 0.602. The van der Waals surface area contributed by atoms with Gasteiger partial charge in [-0.15, -0.1) is 0 Å². The predicted octanol–water partition coefficient (Wildman–Crippen LogP) is 0.425. The standard InChI is InChI=1S/C7H12O3/c1-7(2,5-9)6(4-8)10-3/h4-6H,1-3H3. The maximum atomic E-state index is 10.3. The van der Waals surface area contributed by atoms with E-state index in [4.69, 9.17) is 4.74 Å². The fraction of sp³-hybridized carbons (Fsp3) is 0.714. The minimum atomic E-state index is -0.712. The summed E-state index contributed by atoms with van der Waals surface area (Å²) in [5.41, 5.74) is -0.712. The maximum Gasteiger partial charge on any atom is 0.149 e. The van der Waals surface area contributed by atoms with Crippen LogP contribution in [-0.2, 0) is 14.3 Å². The van der Waals surface area contributed by atoms with Gasteiger partial charge in [-0.05, 0) is 0 Å². The first-order valence-corrected chi connectivity index (χ1v) is 3.03. The van der Waals surface area contributed by atoms with Gasteiger partial charge in [0.25, 0.3) is 0 Å². The zero-order valence-electron chi connectivity index (χ0n) is 6.46. The lowest BCUT2D eigenvalue weighted by atomic mass is 9.89. The van der Waals surface area contributed by atoms with Gasteiger partial charge >= 0.3 is 0 Å². The van der Waals surface area contributed by atoms with Gasteiger partial charge in [0.05, 0.1) is 5.41 Å². The second kappa shape index (κ2) is 3.46. The van der Waals surface area contributed by atoms with E-state index in [1.54, 1.807) is 13.8 Å². The summed E-state index contributed by atoms with van der Waals surface area (Å²) in [5.74, 6) is 0. The van der Waals surface area contributed by atoms with Crippen LogP contribution in [0.15, 0.2) is 0 Å². The zero-order valence-corrected chi connectivity index (χ0v) is 6.46. The van der Waals surface area contributed by atoms with E-state index in [1.165, 1.54) is 7.11 Å². The number of methoxy groups -OCH3 is 1. The van der Waals surface area contributed by atoms with Crippen LogP contribution in [0.2, 0.25) is 0 Å². The van der Waals surface area contributed by atoms with Crippen molar-refractivity contribution in [1.82, 2.24) is 0 Å². The zero-order chi connectivity index (χ0) is 8.20. The molecule has 3 nitrogen and oxygen atoms in total. The van der Waals surface area contributed by atoms with E-state index in [2.05, 4.69) is 0 Å². The Morgan fingerprint density at radius 3 is 2.00 bits per heavy atom. The Kier molecular flexibility index (Phi) is 3.22. The van der Waals surface area contributed by atoms with Crippen molar-refractivity contribution in [3.05, 3.63) is 0 Å². The molecule has 0 rings (SSSR count). The highest BCUT2D eigenvalue weighted by molar-refractivity contribution is 5.69. The lowest BCUT2D eigenvalue weighted by Gasteiger charge is -2.22. The highest BCUT2D eigenvalue weighted by Gasteiger charge is 2.28. The van der Waals surface area contributed by atoms with Crippen molar-refractivity contribution in [2.45, 2.75) is 20.0 Å². The first-order valence-electron chi connectivity index (χ1n) is 3.03. The minimum absolute atomic E-state index is 0.633. The summed E-state index contributed by atoms with van der Waals surface area (Å²) >= 11 is 0. The predicted molar refractivity (Wildman–Crippen MR) is 36.7 cm³/mol. The monoisotopic (exact) mass is 144 g/mol. The molecule has 0 aliphatic rings. The number of aldehydes is 2. The van der Waals surface area contributed by atoms with Gasteiger partial charge in [-0.2, -0.15) is 0 Å². The van der Waals surface area contributed by atoms with E-state index in [0.717, 1.165) is 6.29 Å². The molecule has 0 radical (unpaired) electrons. The molecule has 0 amide bonds. The van der Waals surface area contributed by atoms with Crippen molar-refractivity contribution in [2.24, 2.45) is 5.41 Å². The summed E-state index contributed by atoms with van der Waals surface area (Å²) in [7, 11) is 1.41. The Labute approximate surface area is 60.4 Å². The Morgan fingerprint density at radius 1 is 1.40 bits per heavy atom. The molecular weight excluding hydrogens is 132 g/mol. The van der Waals surface area contributed by atoms with E-state index in [9.17, 15) is 9.59 Å². The molecule has 0 aromatic carbocycles. The highest BCUT2D eigenvalue weighted by Crippen LogP contribution is 2.17. The lowest BCUT2D eigenvalue weighted by molar-refractivity contribution is -0.131. The fourth-order valence-electron chi connectivity index (χ4n) is 0.602. The maximum absolute atomic E-state index is 10.3. The summed E-state index contributed by atoms with van der Waals surface area (Å²) in [6, 6.07) is 0. The van der Waals surface area contributed by atoms with Crippen LogP contribution < -0.4 is 0 Å². The average molecular weight is 144 g/mol. The number of carbonyl (C=O) groups excluding carboxylic acids is 2. The smallest absolute Gasteiger partial charge is 0.149 e. The normalized spacial score (nSPS) is 14.3. The average Bonchev–Trinajstić information content (AvgIpc) is 1.90. The van der Waals surface area contributed by atoms with E-state index in [-0.39, 0.29) is 0 Å². The van der Waals surface area contributed by atoms with Gasteiger partial charge in [0.15, 0.2) is 0 Å². The number of hydrogen-bond acceptors (Lipinski definition) is 3. The molecule has 1 atom stereocenters. The van der Waals surface area contributed by atoms with Crippen molar-refractivity contribution in [3.63, 3.8) is 0 Å². The summed E-state index contributed by atoms with van der Waals surface area (Å²) in [5, 5.41) is 0. The van der Waals surface area contributed by atoms with Crippen molar-refractivity contribution in [1.29, 1.82) is 0 Å². The molecule has 58 valence electrons. The molecule has 10 heavy (non-hydrogen) atoms. The summed E-state index contributed by atoms with van der Waals surface area (Å²) in [6.45, 7) is 3.31. The van der Waals surface area contributed by atoms with Crippen molar-refractivity contribution in [2.75, 3.05) is 7.11 Å². The largest absolute Gasteiger partial charge is 0.373 e. The lowest BCUT2D eigenvalue weighted by Crippen LogP contribution is -2.33.